The van der Waals surface area contributed by atoms with Crippen molar-refractivity contribution >= 4 is 40.3 Å². The van der Waals surface area contributed by atoms with Gasteiger partial charge in [-0.15, -0.1) is 0 Å². The minimum Gasteiger partial charge on any atom is -0.351 e. The molecule has 2 heterocycles. The number of benzene rings is 1. The van der Waals surface area contributed by atoms with Crippen molar-refractivity contribution < 1.29 is 4.79 Å². The van der Waals surface area contributed by atoms with E-state index in [9.17, 15) is 4.79 Å². The Morgan fingerprint density at radius 3 is 2.64 bits per heavy atom. The molecule has 0 radical (unpaired) electrons. The molecule has 1 aliphatic heterocycles. The van der Waals surface area contributed by atoms with Crippen molar-refractivity contribution in [3.63, 3.8) is 0 Å². The number of thioether (sulfide) groups is 1. The predicted molar refractivity (Wildman–Crippen MR) is 95.4 cm³/mol. The molecule has 1 amide bonds. The maximum atomic E-state index is 12.5. The van der Waals surface area contributed by atoms with E-state index in [0.717, 1.165) is 12.1 Å². The first-order valence-corrected chi connectivity index (χ1v) is 8.28. The van der Waals surface area contributed by atoms with Crippen LogP contribution in [-0.4, -0.2) is 26.2 Å². The highest BCUT2D eigenvalue weighted by molar-refractivity contribution is 8.26. The van der Waals surface area contributed by atoms with Crippen LogP contribution >= 0.6 is 24.0 Å². The van der Waals surface area contributed by atoms with E-state index in [4.69, 9.17) is 12.2 Å². The average molecular weight is 328 g/mol. The van der Waals surface area contributed by atoms with E-state index in [-0.39, 0.29) is 5.91 Å². The van der Waals surface area contributed by atoms with Crippen molar-refractivity contribution in [2.24, 2.45) is 7.05 Å². The first kappa shape index (κ1) is 15.1. The lowest BCUT2D eigenvalue weighted by Crippen LogP contribution is -2.30. The Labute approximate surface area is 139 Å². The van der Waals surface area contributed by atoms with Crippen LogP contribution in [0, 0.1) is 0 Å². The van der Waals surface area contributed by atoms with Gasteiger partial charge in [-0.2, -0.15) is 0 Å². The summed E-state index contributed by atoms with van der Waals surface area (Å²) in [5.41, 5.74) is 2.21. The van der Waals surface area contributed by atoms with E-state index >= 15 is 0 Å². The van der Waals surface area contributed by atoms with Gasteiger partial charge in [-0.25, -0.2) is 0 Å². The molecule has 1 aromatic heterocycles. The first-order valence-electron chi connectivity index (χ1n) is 7.06. The Kier molecular flexibility index (Phi) is 4.45. The average Bonchev–Trinajstić information content (AvgIpc) is 3.03. The molecule has 3 rings (SSSR count). The second-order valence-electron chi connectivity index (χ2n) is 5.11. The second kappa shape index (κ2) is 6.50. The zero-order chi connectivity index (χ0) is 15.5. The summed E-state index contributed by atoms with van der Waals surface area (Å²) in [7, 11) is 1.96. The van der Waals surface area contributed by atoms with Crippen molar-refractivity contribution in [2.75, 3.05) is 6.54 Å². The Hall–Kier alpha value is -1.85. The summed E-state index contributed by atoms with van der Waals surface area (Å²) in [6.45, 7) is 0.624. The molecule has 5 heteroatoms. The topological polar surface area (TPSA) is 25.2 Å². The molecule has 0 unspecified atom stereocenters. The van der Waals surface area contributed by atoms with Gasteiger partial charge in [0.05, 0.1) is 4.91 Å². The van der Waals surface area contributed by atoms with Gasteiger partial charge in [-0.05, 0) is 30.2 Å². The maximum absolute atomic E-state index is 12.5. The SMILES string of the molecule is Cn1cccc1/C=C1\SC(=S)N(CCc2ccccc2)C1=O. The monoisotopic (exact) mass is 328 g/mol. The van der Waals surface area contributed by atoms with E-state index in [0.29, 0.717) is 15.8 Å². The van der Waals surface area contributed by atoms with Gasteiger partial charge in [-0.3, -0.25) is 9.69 Å². The van der Waals surface area contributed by atoms with Crippen LogP contribution in [0.25, 0.3) is 6.08 Å². The largest absolute Gasteiger partial charge is 0.351 e. The molecule has 1 saturated heterocycles. The predicted octanol–water partition coefficient (Wildman–Crippen LogP) is 3.47. The van der Waals surface area contributed by atoms with Gasteiger partial charge in [-0.1, -0.05) is 54.3 Å². The van der Waals surface area contributed by atoms with Crippen molar-refractivity contribution in [1.29, 1.82) is 0 Å². The van der Waals surface area contributed by atoms with Crippen molar-refractivity contribution in [1.82, 2.24) is 9.47 Å². The number of aryl methyl sites for hydroxylation is 1. The molecule has 2 aromatic rings. The summed E-state index contributed by atoms with van der Waals surface area (Å²) < 4.78 is 2.62. The van der Waals surface area contributed by atoms with Gasteiger partial charge in [0.1, 0.15) is 4.32 Å². The quantitative estimate of drug-likeness (QED) is 0.635. The molecule has 3 nitrogen and oxygen atoms in total. The fraction of sp³-hybridized carbons (Fsp3) is 0.176. The molecule has 112 valence electrons. The van der Waals surface area contributed by atoms with Gasteiger partial charge in [0.25, 0.3) is 5.91 Å². The number of hydrogen-bond acceptors (Lipinski definition) is 3. The molecule has 0 N–H and O–H groups in total. The zero-order valence-electron chi connectivity index (χ0n) is 12.2. The lowest BCUT2D eigenvalue weighted by molar-refractivity contribution is -0.122. The summed E-state index contributed by atoms with van der Waals surface area (Å²) >= 11 is 6.74. The molecule has 1 aromatic carbocycles. The van der Waals surface area contributed by atoms with E-state index in [1.807, 2.05) is 54.2 Å². The highest BCUT2D eigenvalue weighted by atomic mass is 32.2. The van der Waals surface area contributed by atoms with E-state index < -0.39 is 0 Å². The molecule has 22 heavy (non-hydrogen) atoms. The van der Waals surface area contributed by atoms with Crippen LogP contribution in [0.1, 0.15) is 11.3 Å². The molecule has 0 aliphatic carbocycles. The van der Waals surface area contributed by atoms with E-state index in [2.05, 4.69) is 12.1 Å². The fourth-order valence-corrected chi connectivity index (χ4v) is 3.63. The molecule has 0 bridgehead atoms. The van der Waals surface area contributed by atoms with Crippen LogP contribution < -0.4 is 0 Å². The zero-order valence-corrected chi connectivity index (χ0v) is 13.9. The fourth-order valence-electron chi connectivity index (χ4n) is 2.34. The summed E-state index contributed by atoms with van der Waals surface area (Å²) in [5, 5.41) is 0. The normalized spacial score (nSPS) is 16.8. The highest BCUT2D eigenvalue weighted by Gasteiger charge is 2.31. The standard InChI is InChI=1S/C17H16N2OS2/c1-18-10-5-8-14(18)12-15-16(20)19(17(21)22-15)11-9-13-6-3-2-4-7-13/h2-8,10,12H,9,11H2,1H3/b15-12-. The van der Waals surface area contributed by atoms with Crippen LogP contribution in [0.4, 0.5) is 0 Å². The summed E-state index contributed by atoms with van der Waals surface area (Å²) in [6, 6.07) is 14.1. The van der Waals surface area contributed by atoms with Crippen molar-refractivity contribution in [3.05, 3.63) is 64.8 Å². The number of carbonyl (C=O) groups excluding carboxylic acids is 1. The minimum absolute atomic E-state index is 0.00660. The number of rotatable bonds is 4. The van der Waals surface area contributed by atoms with Crippen LogP contribution in [-0.2, 0) is 18.3 Å². The number of carbonyl (C=O) groups is 1. The van der Waals surface area contributed by atoms with Gasteiger partial charge in [0.15, 0.2) is 0 Å². The minimum atomic E-state index is 0.00660. The Morgan fingerprint density at radius 2 is 1.95 bits per heavy atom. The van der Waals surface area contributed by atoms with Crippen LogP contribution in [0.3, 0.4) is 0 Å². The van der Waals surface area contributed by atoms with Crippen LogP contribution in [0.15, 0.2) is 53.6 Å². The van der Waals surface area contributed by atoms with Crippen LogP contribution in [0.5, 0.6) is 0 Å². The Morgan fingerprint density at radius 1 is 1.18 bits per heavy atom. The number of thiocarbonyl (C=S) groups is 1. The Balaban J connectivity index is 1.72. The van der Waals surface area contributed by atoms with E-state index in [1.54, 1.807) is 4.90 Å². The number of hydrogen-bond donors (Lipinski definition) is 0. The molecule has 1 aliphatic rings. The molecule has 0 spiro atoms. The van der Waals surface area contributed by atoms with Crippen molar-refractivity contribution in [3.8, 4) is 0 Å². The Bertz CT molecular complexity index is 734. The lowest BCUT2D eigenvalue weighted by Gasteiger charge is -2.14. The van der Waals surface area contributed by atoms with Crippen molar-refractivity contribution in [2.45, 2.75) is 6.42 Å². The van der Waals surface area contributed by atoms with E-state index in [1.165, 1.54) is 17.3 Å². The summed E-state index contributed by atoms with van der Waals surface area (Å²) in [6.07, 6.45) is 4.68. The summed E-state index contributed by atoms with van der Waals surface area (Å²) in [4.78, 5) is 14.9. The van der Waals surface area contributed by atoms with Gasteiger partial charge in [0, 0.05) is 25.5 Å². The van der Waals surface area contributed by atoms with Gasteiger partial charge < -0.3 is 4.57 Å². The lowest BCUT2D eigenvalue weighted by atomic mass is 10.1. The number of amides is 1. The smallest absolute Gasteiger partial charge is 0.266 e. The third kappa shape index (κ3) is 3.15. The number of nitrogens with zero attached hydrogens (tertiary/aromatic N) is 2. The van der Waals surface area contributed by atoms with Gasteiger partial charge >= 0.3 is 0 Å². The molecule has 0 atom stereocenters. The molecular weight excluding hydrogens is 312 g/mol. The van der Waals surface area contributed by atoms with Crippen LogP contribution in [0.2, 0.25) is 0 Å². The first-order chi connectivity index (χ1) is 10.6. The highest BCUT2D eigenvalue weighted by Crippen LogP contribution is 2.32. The van der Waals surface area contributed by atoms with Gasteiger partial charge in [0.2, 0.25) is 0 Å². The molecule has 1 fully saturated rings. The second-order valence-corrected chi connectivity index (χ2v) is 6.79. The molecular formula is C17H16N2OS2. The molecule has 0 saturated carbocycles. The third-order valence-electron chi connectivity index (χ3n) is 3.60. The maximum Gasteiger partial charge on any atom is 0.266 e. The summed E-state index contributed by atoms with van der Waals surface area (Å²) in [5.74, 6) is 0.00660. The third-order valence-corrected chi connectivity index (χ3v) is 4.98. The number of aromatic nitrogens is 1.